The van der Waals surface area contributed by atoms with Gasteiger partial charge in [0.25, 0.3) is 0 Å². The van der Waals surface area contributed by atoms with Crippen LogP contribution in [-0.4, -0.2) is 13.6 Å². The number of rotatable bonds is 4. The van der Waals surface area contributed by atoms with E-state index in [1.807, 2.05) is 7.05 Å². The van der Waals surface area contributed by atoms with Crippen LogP contribution in [0.25, 0.3) is 0 Å². The first kappa shape index (κ1) is 13.2. The molecule has 0 spiro atoms. The Morgan fingerprint density at radius 3 is 2.31 bits per heavy atom. The molecule has 0 aromatic heterocycles. The van der Waals surface area contributed by atoms with Crippen LogP contribution in [-0.2, 0) is 0 Å². The van der Waals surface area contributed by atoms with Gasteiger partial charge in [0.15, 0.2) is 0 Å². The van der Waals surface area contributed by atoms with Crippen LogP contribution in [0.5, 0.6) is 0 Å². The van der Waals surface area contributed by atoms with Crippen LogP contribution in [0.1, 0.15) is 44.2 Å². The van der Waals surface area contributed by atoms with Gasteiger partial charge in [-0.15, -0.1) is 0 Å². The second kappa shape index (κ2) is 5.49. The average molecular weight is 219 g/mol. The first-order chi connectivity index (χ1) is 7.46. The minimum Gasteiger partial charge on any atom is -0.320 e. The van der Waals surface area contributed by atoms with E-state index < -0.39 is 0 Å². The normalized spacial score (nSPS) is 13.8. The Kier molecular flexibility index (Phi) is 4.55. The molecule has 16 heavy (non-hydrogen) atoms. The average Bonchev–Trinajstić information content (AvgIpc) is 2.19. The van der Waals surface area contributed by atoms with Crippen molar-refractivity contribution in [2.24, 2.45) is 5.41 Å². The maximum atomic E-state index is 3.26. The molecule has 0 heterocycles. The molecule has 0 fully saturated rings. The third-order valence-electron chi connectivity index (χ3n) is 3.29. The molecule has 1 atom stereocenters. The van der Waals surface area contributed by atoms with Gasteiger partial charge in [0.05, 0.1) is 0 Å². The summed E-state index contributed by atoms with van der Waals surface area (Å²) in [6.45, 7) is 10.3. The Labute approximate surface area is 100 Å². The van der Waals surface area contributed by atoms with Crippen LogP contribution in [0.15, 0.2) is 24.3 Å². The molecule has 0 radical (unpaired) electrons. The summed E-state index contributed by atoms with van der Waals surface area (Å²) in [7, 11) is 2.03. The molecule has 0 aliphatic carbocycles. The first-order valence-electron chi connectivity index (χ1n) is 6.17. The lowest BCUT2D eigenvalue weighted by Gasteiger charge is -2.32. The third kappa shape index (κ3) is 3.34. The fourth-order valence-electron chi connectivity index (χ4n) is 2.32. The summed E-state index contributed by atoms with van der Waals surface area (Å²) in [5.74, 6) is 0.626. The van der Waals surface area contributed by atoms with E-state index in [0.29, 0.717) is 11.3 Å². The highest BCUT2D eigenvalue weighted by Gasteiger charge is 2.26. The van der Waals surface area contributed by atoms with E-state index in [2.05, 4.69) is 57.3 Å². The molecule has 1 rings (SSSR count). The van der Waals surface area contributed by atoms with Gasteiger partial charge >= 0.3 is 0 Å². The summed E-state index contributed by atoms with van der Waals surface area (Å²) < 4.78 is 0. The zero-order valence-electron chi connectivity index (χ0n) is 11.3. The van der Waals surface area contributed by atoms with Crippen molar-refractivity contribution in [1.29, 1.82) is 0 Å². The van der Waals surface area contributed by atoms with Crippen LogP contribution >= 0.6 is 0 Å². The van der Waals surface area contributed by atoms with Crippen LogP contribution in [0, 0.1) is 12.3 Å². The molecule has 90 valence electrons. The summed E-state index contributed by atoms with van der Waals surface area (Å²) in [6, 6.07) is 8.77. The maximum absolute atomic E-state index is 3.26. The van der Waals surface area contributed by atoms with Crippen molar-refractivity contribution in [1.82, 2.24) is 5.32 Å². The highest BCUT2D eigenvalue weighted by molar-refractivity contribution is 5.30. The topological polar surface area (TPSA) is 12.0 Å². The molecular formula is C15H25N. The van der Waals surface area contributed by atoms with E-state index in [4.69, 9.17) is 0 Å². The lowest BCUT2D eigenvalue weighted by molar-refractivity contribution is 0.303. The smallest absolute Gasteiger partial charge is 0.00459 e. The quantitative estimate of drug-likeness (QED) is 0.813. The van der Waals surface area contributed by atoms with Crippen molar-refractivity contribution in [3.05, 3.63) is 35.4 Å². The molecule has 1 N–H and O–H groups in total. The number of benzene rings is 1. The SMILES string of the molecule is CNCCC(c1ccccc1C)C(C)(C)C. The van der Waals surface area contributed by atoms with Gasteiger partial charge in [-0.1, -0.05) is 45.0 Å². The molecule has 1 nitrogen and oxygen atoms in total. The molecule has 1 heteroatoms. The molecule has 0 aliphatic rings. The van der Waals surface area contributed by atoms with E-state index in [9.17, 15) is 0 Å². The van der Waals surface area contributed by atoms with Gasteiger partial charge in [0.1, 0.15) is 0 Å². The van der Waals surface area contributed by atoms with Crippen molar-refractivity contribution in [2.75, 3.05) is 13.6 Å². The Hall–Kier alpha value is -0.820. The summed E-state index contributed by atoms with van der Waals surface area (Å²) in [5, 5.41) is 3.26. The zero-order valence-corrected chi connectivity index (χ0v) is 11.3. The highest BCUT2D eigenvalue weighted by Crippen LogP contribution is 2.38. The molecule has 1 unspecified atom stereocenters. The summed E-state index contributed by atoms with van der Waals surface area (Å²) in [6.07, 6.45) is 1.20. The molecule has 1 aromatic carbocycles. The molecule has 0 amide bonds. The van der Waals surface area contributed by atoms with Gasteiger partial charge < -0.3 is 5.32 Å². The van der Waals surface area contributed by atoms with E-state index >= 15 is 0 Å². The van der Waals surface area contributed by atoms with Gasteiger partial charge in [-0.3, -0.25) is 0 Å². The summed E-state index contributed by atoms with van der Waals surface area (Å²) >= 11 is 0. The first-order valence-corrected chi connectivity index (χ1v) is 6.17. The van der Waals surface area contributed by atoms with Gasteiger partial charge in [0.2, 0.25) is 0 Å². The molecule has 1 aromatic rings. The number of nitrogens with one attached hydrogen (secondary N) is 1. The van der Waals surface area contributed by atoms with Crippen LogP contribution in [0.4, 0.5) is 0 Å². The van der Waals surface area contributed by atoms with Gasteiger partial charge in [-0.25, -0.2) is 0 Å². The number of hydrogen-bond donors (Lipinski definition) is 1. The Bertz CT molecular complexity index is 322. The Morgan fingerprint density at radius 2 is 1.81 bits per heavy atom. The molecule has 0 saturated carbocycles. The van der Waals surface area contributed by atoms with Gasteiger partial charge in [-0.05, 0) is 49.4 Å². The van der Waals surface area contributed by atoms with Crippen molar-refractivity contribution in [2.45, 2.75) is 40.0 Å². The van der Waals surface area contributed by atoms with Crippen LogP contribution < -0.4 is 5.32 Å². The molecule has 0 aliphatic heterocycles. The fraction of sp³-hybridized carbons (Fsp3) is 0.600. The van der Waals surface area contributed by atoms with Crippen molar-refractivity contribution in [3.63, 3.8) is 0 Å². The van der Waals surface area contributed by atoms with E-state index in [0.717, 1.165) is 6.54 Å². The van der Waals surface area contributed by atoms with Gasteiger partial charge in [-0.2, -0.15) is 0 Å². The largest absolute Gasteiger partial charge is 0.320 e. The lowest BCUT2D eigenvalue weighted by Crippen LogP contribution is -2.23. The highest BCUT2D eigenvalue weighted by atomic mass is 14.8. The second-order valence-electron chi connectivity index (χ2n) is 5.67. The van der Waals surface area contributed by atoms with Crippen LogP contribution in [0.2, 0.25) is 0 Å². The summed E-state index contributed by atoms with van der Waals surface area (Å²) in [5.41, 5.74) is 3.24. The maximum Gasteiger partial charge on any atom is -0.00459 e. The number of hydrogen-bond acceptors (Lipinski definition) is 1. The second-order valence-corrected chi connectivity index (χ2v) is 5.67. The minimum absolute atomic E-state index is 0.322. The monoisotopic (exact) mass is 219 g/mol. The fourth-order valence-corrected chi connectivity index (χ4v) is 2.32. The predicted molar refractivity (Wildman–Crippen MR) is 71.9 cm³/mol. The number of aryl methyl sites for hydroxylation is 1. The molecular weight excluding hydrogens is 194 g/mol. The van der Waals surface area contributed by atoms with E-state index in [1.54, 1.807) is 0 Å². The minimum atomic E-state index is 0.322. The molecule has 0 saturated heterocycles. The van der Waals surface area contributed by atoms with Crippen molar-refractivity contribution < 1.29 is 0 Å². The zero-order chi connectivity index (χ0) is 12.2. The van der Waals surface area contributed by atoms with Crippen LogP contribution in [0.3, 0.4) is 0 Å². The van der Waals surface area contributed by atoms with Gasteiger partial charge in [0, 0.05) is 0 Å². The van der Waals surface area contributed by atoms with Crippen molar-refractivity contribution >= 4 is 0 Å². The standard InChI is InChI=1S/C15H25N/c1-12-8-6-7-9-13(12)14(10-11-16-5)15(2,3)4/h6-9,14,16H,10-11H2,1-5H3. The molecule has 0 bridgehead atoms. The lowest BCUT2D eigenvalue weighted by atomic mass is 9.73. The third-order valence-corrected chi connectivity index (χ3v) is 3.29. The van der Waals surface area contributed by atoms with Crippen molar-refractivity contribution in [3.8, 4) is 0 Å². The Balaban J connectivity index is 2.97. The van der Waals surface area contributed by atoms with E-state index in [1.165, 1.54) is 17.5 Å². The Morgan fingerprint density at radius 1 is 1.19 bits per heavy atom. The van der Waals surface area contributed by atoms with E-state index in [-0.39, 0.29) is 0 Å². The summed E-state index contributed by atoms with van der Waals surface area (Å²) in [4.78, 5) is 0. The predicted octanol–water partition coefficient (Wildman–Crippen LogP) is 3.73.